The standard InChI is InChI=1S/C11H11IO2/c1-7(13)14-11-9-5-3-2-4-8(9)6-10(11)12/h2-5,10-11H,6H2,1H3/t10-,11-/m0/s1. The highest BCUT2D eigenvalue weighted by molar-refractivity contribution is 14.1. The Kier molecular flexibility index (Phi) is 2.76. The first-order valence-corrected chi connectivity index (χ1v) is 5.82. The molecule has 0 aromatic heterocycles. The molecule has 2 nitrogen and oxygen atoms in total. The average Bonchev–Trinajstić information content (AvgIpc) is 2.43. The third-order valence-corrected chi connectivity index (χ3v) is 3.49. The lowest BCUT2D eigenvalue weighted by Gasteiger charge is -2.15. The topological polar surface area (TPSA) is 26.3 Å². The first kappa shape index (κ1) is 9.96. The van der Waals surface area contributed by atoms with E-state index in [-0.39, 0.29) is 12.1 Å². The van der Waals surface area contributed by atoms with Gasteiger partial charge in [-0.15, -0.1) is 0 Å². The summed E-state index contributed by atoms with van der Waals surface area (Å²) < 4.78 is 5.67. The molecule has 2 rings (SSSR count). The van der Waals surface area contributed by atoms with E-state index in [1.165, 1.54) is 18.1 Å². The number of hydrogen-bond donors (Lipinski definition) is 0. The van der Waals surface area contributed by atoms with Crippen molar-refractivity contribution in [3.05, 3.63) is 35.4 Å². The van der Waals surface area contributed by atoms with E-state index in [4.69, 9.17) is 4.74 Å². The van der Waals surface area contributed by atoms with Gasteiger partial charge in [0, 0.05) is 6.92 Å². The lowest BCUT2D eigenvalue weighted by Crippen LogP contribution is -2.13. The number of ether oxygens (including phenoxy) is 1. The van der Waals surface area contributed by atoms with Gasteiger partial charge in [-0.05, 0) is 17.5 Å². The summed E-state index contributed by atoms with van der Waals surface area (Å²) in [5, 5.41) is 0. The Morgan fingerprint density at radius 2 is 2.21 bits per heavy atom. The van der Waals surface area contributed by atoms with Crippen LogP contribution in [-0.4, -0.2) is 9.89 Å². The van der Waals surface area contributed by atoms with Crippen LogP contribution in [-0.2, 0) is 16.0 Å². The predicted molar refractivity (Wildman–Crippen MR) is 62.5 cm³/mol. The number of hydrogen-bond acceptors (Lipinski definition) is 2. The van der Waals surface area contributed by atoms with E-state index < -0.39 is 0 Å². The lowest BCUT2D eigenvalue weighted by molar-refractivity contribution is -0.146. The van der Waals surface area contributed by atoms with Gasteiger partial charge >= 0.3 is 5.97 Å². The van der Waals surface area contributed by atoms with E-state index in [9.17, 15) is 4.79 Å². The zero-order chi connectivity index (χ0) is 10.1. The van der Waals surface area contributed by atoms with E-state index in [0.717, 1.165) is 6.42 Å². The highest BCUT2D eigenvalue weighted by Gasteiger charge is 2.32. The Hall–Kier alpha value is -0.580. The summed E-state index contributed by atoms with van der Waals surface area (Å²) in [5.74, 6) is -0.201. The minimum atomic E-state index is -0.201. The number of benzene rings is 1. The molecule has 74 valence electrons. The van der Waals surface area contributed by atoms with Crippen molar-refractivity contribution in [2.45, 2.75) is 23.4 Å². The van der Waals surface area contributed by atoms with Crippen LogP contribution in [0, 0.1) is 0 Å². The van der Waals surface area contributed by atoms with E-state index in [2.05, 4.69) is 28.7 Å². The number of alkyl halides is 1. The fourth-order valence-corrected chi connectivity index (χ4v) is 2.83. The van der Waals surface area contributed by atoms with E-state index in [1.807, 2.05) is 18.2 Å². The summed E-state index contributed by atoms with van der Waals surface area (Å²) in [5.41, 5.74) is 2.47. The van der Waals surface area contributed by atoms with Crippen LogP contribution in [0.15, 0.2) is 24.3 Å². The first-order chi connectivity index (χ1) is 6.68. The molecule has 0 amide bonds. The summed E-state index contributed by atoms with van der Waals surface area (Å²) >= 11 is 2.35. The van der Waals surface area contributed by atoms with Crippen LogP contribution in [0.1, 0.15) is 24.2 Å². The molecule has 1 aromatic carbocycles. The molecule has 0 unspecified atom stereocenters. The fraction of sp³-hybridized carbons (Fsp3) is 0.364. The number of rotatable bonds is 1. The summed E-state index contributed by atoms with van der Waals surface area (Å²) in [6, 6.07) is 8.16. The van der Waals surface area contributed by atoms with Gasteiger partial charge in [0.1, 0.15) is 6.10 Å². The van der Waals surface area contributed by atoms with Crippen LogP contribution in [0.3, 0.4) is 0 Å². The van der Waals surface area contributed by atoms with Crippen molar-refractivity contribution in [3.8, 4) is 0 Å². The number of carbonyl (C=O) groups excluding carboxylic acids is 1. The molecule has 0 radical (unpaired) electrons. The molecule has 2 atom stereocenters. The molecule has 0 N–H and O–H groups in total. The maximum atomic E-state index is 10.9. The van der Waals surface area contributed by atoms with Gasteiger partial charge in [0.2, 0.25) is 0 Å². The minimum Gasteiger partial charge on any atom is -0.457 e. The van der Waals surface area contributed by atoms with Crippen LogP contribution in [0.4, 0.5) is 0 Å². The SMILES string of the molecule is CC(=O)O[C@H]1c2ccccc2C[C@@H]1I. The second-order valence-corrected chi connectivity index (χ2v) is 5.05. The van der Waals surface area contributed by atoms with Gasteiger partial charge in [-0.25, -0.2) is 0 Å². The van der Waals surface area contributed by atoms with Crippen LogP contribution < -0.4 is 0 Å². The van der Waals surface area contributed by atoms with E-state index >= 15 is 0 Å². The van der Waals surface area contributed by atoms with E-state index in [1.54, 1.807) is 0 Å². The molecule has 1 aliphatic carbocycles. The van der Waals surface area contributed by atoms with Crippen molar-refractivity contribution in [3.63, 3.8) is 0 Å². The molecule has 3 heteroatoms. The maximum absolute atomic E-state index is 10.9. The maximum Gasteiger partial charge on any atom is 0.303 e. The first-order valence-electron chi connectivity index (χ1n) is 4.57. The molecular formula is C11H11IO2. The monoisotopic (exact) mass is 302 g/mol. The Bertz CT molecular complexity index is 362. The zero-order valence-electron chi connectivity index (χ0n) is 7.87. The minimum absolute atomic E-state index is 0.0516. The van der Waals surface area contributed by atoms with Gasteiger partial charge in [-0.1, -0.05) is 46.9 Å². The van der Waals surface area contributed by atoms with E-state index in [0.29, 0.717) is 3.92 Å². The predicted octanol–water partition coefficient (Wildman–Crippen LogP) is 2.65. The smallest absolute Gasteiger partial charge is 0.303 e. The van der Waals surface area contributed by atoms with Gasteiger partial charge in [-0.2, -0.15) is 0 Å². The van der Waals surface area contributed by atoms with Crippen molar-refractivity contribution in [2.75, 3.05) is 0 Å². The van der Waals surface area contributed by atoms with Gasteiger partial charge in [0.05, 0.1) is 3.92 Å². The van der Waals surface area contributed by atoms with Crippen LogP contribution in [0.2, 0.25) is 0 Å². The summed E-state index contributed by atoms with van der Waals surface area (Å²) in [6.45, 7) is 1.46. The van der Waals surface area contributed by atoms with Gasteiger partial charge in [0.15, 0.2) is 0 Å². The molecule has 0 fully saturated rings. The fourth-order valence-electron chi connectivity index (χ4n) is 1.83. The Balaban J connectivity index is 2.30. The average molecular weight is 302 g/mol. The van der Waals surface area contributed by atoms with Crippen molar-refractivity contribution < 1.29 is 9.53 Å². The Morgan fingerprint density at radius 3 is 2.93 bits per heavy atom. The molecular weight excluding hydrogens is 291 g/mol. The second kappa shape index (κ2) is 3.88. The largest absolute Gasteiger partial charge is 0.457 e. The van der Waals surface area contributed by atoms with Gasteiger partial charge in [0.25, 0.3) is 0 Å². The molecule has 0 heterocycles. The van der Waals surface area contributed by atoms with Crippen molar-refractivity contribution in [1.82, 2.24) is 0 Å². The van der Waals surface area contributed by atoms with Crippen molar-refractivity contribution >= 4 is 28.6 Å². The third-order valence-electron chi connectivity index (χ3n) is 2.40. The molecule has 0 saturated carbocycles. The summed E-state index contributed by atoms with van der Waals surface area (Å²) in [7, 11) is 0. The highest BCUT2D eigenvalue weighted by atomic mass is 127. The quantitative estimate of drug-likeness (QED) is 0.453. The molecule has 0 bridgehead atoms. The van der Waals surface area contributed by atoms with Crippen molar-refractivity contribution in [2.24, 2.45) is 0 Å². The number of halogens is 1. The lowest BCUT2D eigenvalue weighted by atomic mass is 10.1. The van der Waals surface area contributed by atoms with Crippen LogP contribution in [0.25, 0.3) is 0 Å². The number of fused-ring (bicyclic) bond motifs is 1. The summed E-state index contributed by atoms with van der Waals surface area (Å²) in [4.78, 5) is 10.9. The third kappa shape index (κ3) is 1.78. The zero-order valence-corrected chi connectivity index (χ0v) is 10.0. The number of carbonyl (C=O) groups is 1. The molecule has 1 aromatic rings. The van der Waals surface area contributed by atoms with Gasteiger partial charge < -0.3 is 4.74 Å². The summed E-state index contributed by atoms with van der Waals surface area (Å²) in [6.07, 6.45) is 0.943. The molecule has 0 spiro atoms. The van der Waals surface area contributed by atoms with Crippen LogP contribution in [0.5, 0.6) is 0 Å². The number of esters is 1. The molecule has 0 saturated heterocycles. The molecule has 1 aliphatic rings. The Labute approximate surface area is 96.8 Å². The Morgan fingerprint density at radius 1 is 1.50 bits per heavy atom. The van der Waals surface area contributed by atoms with Crippen molar-refractivity contribution in [1.29, 1.82) is 0 Å². The van der Waals surface area contributed by atoms with Gasteiger partial charge in [-0.3, -0.25) is 4.79 Å². The molecule has 0 aliphatic heterocycles. The normalized spacial score (nSPS) is 24.4. The second-order valence-electron chi connectivity index (χ2n) is 3.45. The molecule has 14 heavy (non-hydrogen) atoms. The van der Waals surface area contributed by atoms with Crippen LogP contribution >= 0.6 is 22.6 Å². The highest BCUT2D eigenvalue weighted by Crippen LogP contribution is 2.38.